The Bertz CT molecular complexity index is 296. The highest BCUT2D eigenvalue weighted by atomic mass is 35.5. The Morgan fingerprint density at radius 1 is 1.32 bits per heavy atom. The second-order valence-corrected chi connectivity index (χ2v) is 5.27. The summed E-state index contributed by atoms with van der Waals surface area (Å²) in [5.74, 6) is -1.02. The zero-order valence-electron chi connectivity index (χ0n) is 12.5. The average Bonchev–Trinajstić information content (AvgIpc) is 2.26. The number of hydrogen-bond donors (Lipinski definition) is 2. The number of rotatable bonds is 8. The van der Waals surface area contributed by atoms with Crippen LogP contribution in [0.15, 0.2) is 0 Å². The molecule has 1 amide bonds. The minimum absolute atomic E-state index is 0. The maximum absolute atomic E-state index is 12.1. The molecule has 0 spiro atoms. The number of nitrogens with one attached hydrogen (secondary N) is 1. The van der Waals surface area contributed by atoms with Gasteiger partial charge in [-0.25, -0.2) is 0 Å². The fourth-order valence-corrected chi connectivity index (χ4v) is 1.56. The summed E-state index contributed by atoms with van der Waals surface area (Å²) in [6.07, 6.45) is 1.65. The van der Waals surface area contributed by atoms with E-state index in [9.17, 15) is 9.59 Å². The third-order valence-corrected chi connectivity index (χ3v) is 3.12. The molecule has 0 saturated heterocycles. The van der Waals surface area contributed by atoms with Crippen molar-refractivity contribution in [3.8, 4) is 0 Å². The van der Waals surface area contributed by atoms with Crippen LogP contribution in [0.4, 0.5) is 0 Å². The van der Waals surface area contributed by atoms with Crippen LogP contribution in [0.5, 0.6) is 0 Å². The maximum Gasteiger partial charge on any atom is 0.317 e. The Kier molecular flexibility index (Phi) is 9.88. The molecule has 19 heavy (non-hydrogen) atoms. The number of carbonyl (C=O) groups is 2. The Labute approximate surface area is 122 Å². The second kappa shape index (κ2) is 9.15. The molecule has 6 heteroatoms. The molecule has 0 radical (unpaired) electrons. The molecule has 0 heterocycles. The van der Waals surface area contributed by atoms with Crippen molar-refractivity contribution in [3.05, 3.63) is 0 Å². The largest absolute Gasteiger partial charge is 0.480 e. The van der Waals surface area contributed by atoms with Crippen molar-refractivity contribution in [3.63, 3.8) is 0 Å². The van der Waals surface area contributed by atoms with Gasteiger partial charge in [0.2, 0.25) is 5.91 Å². The summed E-state index contributed by atoms with van der Waals surface area (Å²) in [6.45, 7) is 10.1. The summed E-state index contributed by atoms with van der Waals surface area (Å²) in [5, 5.41) is 11.8. The number of nitrogens with zero attached hydrogens (tertiary/aromatic N) is 1. The van der Waals surface area contributed by atoms with Gasteiger partial charge < -0.3 is 10.4 Å². The molecule has 2 N–H and O–H groups in total. The van der Waals surface area contributed by atoms with Crippen LogP contribution in [-0.4, -0.2) is 46.6 Å². The third-order valence-electron chi connectivity index (χ3n) is 3.12. The van der Waals surface area contributed by atoms with Gasteiger partial charge in [0.15, 0.2) is 0 Å². The molecule has 1 unspecified atom stereocenters. The zero-order chi connectivity index (χ0) is 14.3. The van der Waals surface area contributed by atoms with Gasteiger partial charge in [0, 0.05) is 5.54 Å². The second-order valence-electron chi connectivity index (χ2n) is 5.27. The lowest BCUT2D eigenvalue weighted by atomic mass is 10.0. The SMILES string of the molecule is CCCN(CC(=O)O)C(C)C(=O)NC(C)(C)CC.Cl. The highest BCUT2D eigenvalue weighted by molar-refractivity contribution is 5.85. The summed E-state index contributed by atoms with van der Waals surface area (Å²) in [6, 6.07) is -0.424. The molecule has 114 valence electrons. The summed E-state index contributed by atoms with van der Waals surface area (Å²) < 4.78 is 0. The lowest BCUT2D eigenvalue weighted by Crippen LogP contribution is -2.53. The molecule has 0 aromatic carbocycles. The Balaban J connectivity index is 0. The first kappa shape index (κ1) is 20.5. The van der Waals surface area contributed by atoms with Gasteiger partial charge in [-0.05, 0) is 40.2 Å². The summed E-state index contributed by atoms with van der Waals surface area (Å²) >= 11 is 0. The van der Waals surface area contributed by atoms with Crippen molar-refractivity contribution < 1.29 is 14.7 Å². The van der Waals surface area contributed by atoms with Crippen LogP contribution >= 0.6 is 12.4 Å². The number of carboxylic acids is 1. The standard InChI is InChI=1S/C13H26N2O3.ClH/c1-6-8-15(9-11(16)17)10(3)12(18)14-13(4,5)7-2;/h10H,6-9H2,1-5H3,(H,14,18)(H,16,17);1H. The topological polar surface area (TPSA) is 69.6 Å². The van der Waals surface area contributed by atoms with Crippen molar-refractivity contribution in [2.45, 2.75) is 59.0 Å². The Hall–Kier alpha value is -0.810. The predicted octanol–water partition coefficient (Wildman–Crippen LogP) is 1.90. The van der Waals surface area contributed by atoms with E-state index in [1.807, 2.05) is 27.7 Å². The van der Waals surface area contributed by atoms with Gasteiger partial charge in [-0.15, -0.1) is 12.4 Å². The van der Waals surface area contributed by atoms with Gasteiger partial charge in [-0.2, -0.15) is 0 Å². The van der Waals surface area contributed by atoms with Crippen LogP contribution in [0.1, 0.15) is 47.5 Å². The molecule has 0 aliphatic heterocycles. The highest BCUT2D eigenvalue weighted by Gasteiger charge is 2.26. The molecule has 0 aromatic heterocycles. The Morgan fingerprint density at radius 2 is 1.84 bits per heavy atom. The van der Waals surface area contributed by atoms with E-state index in [2.05, 4.69) is 5.32 Å². The van der Waals surface area contributed by atoms with Crippen molar-refractivity contribution in [2.75, 3.05) is 13.1 Å². The molecular formula is C13H27ClN2O3. The van der Waals surface area contributed by atoms with E-state index in [-0.39, 0.29) is 30.4 Å². The minimum Gasteiger partial charge on any atom is -0.480 e. The molecule has 0 aliphatic carbocycles. The van der Waals surface area contributed by atoms with Crippen molar-refractivity contribution in [1.29, 1.82) is 0 Å². The Morgan fingerprint density at radius 3 is 2.21 bits per heavy atom. The molecular weight excluding hydrogens is 268 g/mol. The van der Waals surface area contributed by atoms with Gasteiger partial charge in [0.05, 0.1) is 12.6 Å². The molecule has 0 rings (SSSR count). The third kappa shape index (κ3) is 8.06. The first-order valence-electron chi connectivity index (χ1n) is 6.51. The van der Waals surface area contributed by atoms with E-state index in [1.165, 1.54) is 0 Å². The minimum atomic E-state index is -0.905. The van der Waals surface area contributed by atoms with E-state index < -0.39 is 12.0 Å². The van der Waals surface area contributed by atoms with Gasteiger partial charge in [0.1, 0.15) is 0 Å². The van der Waals surface area contributed by atoms with Gasteiger partial charge in [0.25, 0.3) is 0 Å². The van der Waals surface area contributed by atoms with Crippen molar-refractivity contribution in [1.82, 2.24) is 10.2 Å². The molecule has 0 saturated carbocycles. The van der Waals surface area contributed by atoms with Crippen LogP contribution in [0.25, 0.3) is 0 Å². The van der Waals surface area contributed by atoms with Crippen LogP contribution < -0.4 is 5.32 Å². The quantitative estimate of drug-likeness (QED) is 0.717. The van der Waals surface area contributed by atoms with E-state index in [1.54, 1.807) is 11.8 Å². The molecule has 0 aromatic rings. The number of amides is 1. The number of halogens is 1. The lowest BCUT2D eigenvalue weighted by molar-refractivity contribution is -0.140. The monoisotopic (exact) mass is 294 g/mol. The number of carboxylic acid groups (broad SMARTS) is 1. The van der Waals surface area contributed by atoms with Crippen LogP contribution in [0, 0.1) is 0 Å². The van der Waals surface area contributed by atoms with E-state index in [0.717, 1.165) is 12.8 Å². The molecule has 0 aliphatic rings. The van der Waals surface area contributed by atoms with E-state index in [4.69, 9.17) is 5.11 Å². The predicted molar refractivity (Wildman–Crippen MR) is 78.7 cm³/mol. The number of hydrogen-bond acceptors (Lipinski definition) is 3. The average molecular weight is 295 g/mol. The highest BCUT2D eigenvalue weighted by Crippen LogP contribution is 2.09. The molecule has 1 atom stereocenters. The molecule has 0 fully saturated rings. The number of carbonyl (C=O) groups excluding carboxylic acids is 1. The smallest absolute Gasteiger partial charge is 0.317 e. The number of aliphatic carboxylic acids is 1. The zero-order valence-corrected chi connectivity index (χ0v) is 13.3. The van der Waals surface area contributed by atoms with Crippen LogP contribution in [0.2, 0.25) is 0 Å². The van der Waals surface area contributed by atoms with E-state index in [0.29, 0.717) is 6.54 Å². The summed E-state index contributed by atoms with van der Waals surface area (Å²) in [5.41, 5.74) is -0.257. The summed E-state index contributed by atoms with van der Waals surface area (Å²) in [7, 11) is 0. The maximum atomic E-state index is 12.1. The van der Waals surface area contributed by atoms with Gasteiger partial charge in [-0.1, -0.05) is 13.8 Å². The molecule has 0 bridgehead atoms. The lowest BCUT2D eigenvalue weighted by Gasteiger charge is -2.31. The van der Waals surface area contributed by atoms with Crippen molar-refractivity contribution in [2.24, 2.45) is 0 Å². The van der Waals surface area contributed by atoms with E-state index >= 15 is 0 Å². The van der Waals surface area contributed by atoms with Gasteiger partial charge in [-0.3, -0.25) is 14.5 Å². The fraction of sp³-hybridized carbons (Fsp3) is 0.846. The van der Waals surface area contributed by atoms with Crippen LogP contribution in [0.3, 0.4) is 0 Å². The van der Waals surface area contributed by atoms with Crippen molar-refractivity contribution >= 4 is 24.3 Å². The van der Waals surface area contributed by atoms with Crippen LogP contribution in [-0.2, 0) is 9.59 Å². The fourth-order valence-electron chi connectivity index (χ4n) is 1.56. The molecule has 5 nitrogen and oxygen atoms in total. The normalized spacial score (nSPS) is 12.7. The first-order chi connectivity index (χ1) is 8.23. The first-order valence-corrected chi connectivity index (χ1v) is 6.51. The summed E-state index contributed by atoms with van der Waals surface area (Å²) in [4.78, 5) is 24.5. The van der Waals surface area contributed by atoms with Gasteiger partial charge >= 0.3 is 5.97 Å².